The highest BCUT2D eigenvalue weighted by atomic mass is 32.2. The molecule has 0 heterocycles. The second kappa shape index (κ2) is 5.56. The lowest BCUT2D eigenvalue weighted by atomic mass is 10.1. The molecule has 0 fully saturated rings. The summed E-state index contributed by atoms with van der Waals surface area (Å²) in [6.45, 7) is 0. The van der Waals surface area contributed by atoms with Crippen LogP contribution in [0.4, 0.5) is 0 Å². The molecule has 4 heteroatoms. The number of Topliss-reactive ketones (excluding diaryl/α,β-unsaturated/α-hetero) is 1. The van der Waals surface area contributed by atoms with E-state index in [0.29, 0.717) is 16.9 Å². The Balaban J connectivity index is 2.80. The number of hydrogen-bond donors (Lipinski definition) is 0. The molecule has 0 saturated heterocycles. The summed E-state index contributed by atoms with van der Waals surface area (Å²) in [5.74, 6) is 0.134. The van der Waals surface area contributed by atoms with Crippen LogP contribution in [0.5, 0.6) is 0 Å². The van der Waals surface area contributed by atoms with Gasteiger partial charge in [-0.25, -0.2) is 4.79 Å². The highest BCUT2D eigenvalue weighted by Crippen LogP contribution is 2.08. The molecule has 1 rings (SSSR count). The van der Waals surface area contributed by atoms with Crippen molar-refractivity contribution in [3.8, 4) is 0 Å². The number of hydrogen-bond acceptors (Lipinski definition) is 4. The minimum absolute atomic E-state index is 0.0684. The van der Waals surface area contributed by atoms with E-state index in [2.05, 4.69) is 4.74 Å². The molecule has 0 aliphatic heterocycles. The quantitative estimate of drug-likeness (QED) is 0.579. The van der Waals surface area contributed by atoms with Gasteiger partial charge in [-0.2, -0.15) is 11.8 Å². The Morgan fingerprint density at radius 3 is 2.20 bits per heavy atom. The van der Waals surface area contributed by atoms with E-state index in [1.54, 1.807) is 24.3 Å². The second-order valence-electron chi connectivity index (χ2n) is 2.93. The fourth-order valence-electron chi connectivity index (χ4n) is 1.12. The molecule has 0 unspecified atom stereocenters. The van der Waals surface area contributed by atoms with E-state index in [9.17, 15) is 9.59 Å². The van der Waals surface area contributed by atoms with Crippen LogP contribution in [-0.2, 0) is 4.74 Å². The van der Waals surface area contributed by atoms with Crippen molar-refractivity contribution in [1.82, 2.24) is 0 Å². The van der Waals surface area contributed by atoms with E-state index in [4.69, 9.17) is 0 Å². The highest BCUT2D eigenvalue weighted by molar-refractivity contribution is 7.99. The van der Waals surface area contributed by atoms with Crippen molar-refractivity contribution in [2.45, 2.75) is 0 Å². The fraction of sp³-hybridized carbons (Fsp3) is 0.273. The van der Waals surface area contributed by atoms with Gasteiger partial charge in [0.05, 0.1) is 18.4 Å². The van der Waals surface area contributed by atoms with Gasteiger partial charge in [-0.3, -0.25) is 4.79 Å². The largest absolute Gasteiger partial charge is 0.465 e. The molecule has 0 bridgehead atoms. The number of rotatable bonds is 4. The third-order valence-electron chi connectivity index (χ3n) is 1.90. The maximum absolute atomic E-state index is 11.5. The molecule has 0 aliphatic carbocycles. The Labute approximate surface area is 92.8 Å². The first kappa shape index (κ1) is 11.8. The minimum Gasteiger partial charge on any atom is -0.465 e. The molecule has 0 atom stereocenters. The van der Waals surface area contributed by atoms with Crippen LogP contribution in [0.1, 0.15) is 20.7 Å². The molecule has 15 heavy (non-hydrogen) atoms. The van der Waals surface area contributed by atoms with Crippen LogP contribution in [0, 0.1) is 0 Å². The predicted molar refractivity (Wildman–Crippen MR) is 60.5 cm³/mol. The third-order valence-corrected chi connectivity index (χ3v) is 2.45. The number of carbonyl (C=O) groups is 2. The molecule has 3 nitrogen and oxygen atoms in total. The van der Waals surface area contributed by atoms with Crippen molar-refractivity contribution in [2.75, 3.05) is 19.1 Å². The van der Waals surface area contributed by atoms with Crippen LogP contribution in [0.15, 0.2) is 24.3 Å². The van der Waals surface area contributed by atoms with Gasteiger partial charge < -0.3 is 4.74 Å². The Morgan fingerprint density at radius 2 is 1.73 bits per heavy atom. The molecular weight excluding hydrogens is 212 g/mol. The van der Waals surface area contributed by atoms with Crippen molar-refractivity contribution in [2.24, 2.45) is 0 Å². The van der Waals surface area contributed by atoms with Gasteiger partial charge in [0.2, 0.25) is 0 Å². The van der Waals surface area contributed by atoms with Gasteiger partial charge in [-0.05, 0) is 18.4 Å². The third kappa shape index (κ3) is 3.09. The monoisotopic (exact) mass is 224 g/mol. The SMILES string of the molecule is COC(=O)c1ccc(C(=O)CSC)cc1. The maximum atomic E-state index is 11.5. The summed E-state index contributed by atoms with van der Waals surface area (Å²) in [5, 5.41) is 0. The highest BCUT2D eigenvalue weighted by Gasteiger charge is 2.07. The average molecular weight is 224 g/mol. The fourth-order valence-corrected chi connectivity index (χ4v) is 1.55. The summed E-state index contributed by atoms with van der Waals surface area (Å²) in [6.07, 6.45) is 1.88. The van der Waals surface area contributed by atoms with E-state index in [1.807, 2.05) is 6.26 Å². The van der Waals surface area contributed by atoms with Crippen LogP contribution >= 0.6 is 11.8 Å². The molecule has 80 valence electrons. The number of ether oxygens (including phenoxy) is 1. The van der Waals surface area contributed by atoms with Crippen LogP contribution < -0.4 is 0 Å². The van der Waals surface area contributed by atoms with Gasteiger partial charge in [0.15, 0.2) is 5.78 Å². The molecule has 0 radical (unpaired) electrons. The van der Waals surface area contributed by atoms with E-state index >= 15 is 0 Å². The number of thioether (sulfide) groups is 1. The summed E-state index contributed by atoms with van der Waals surface area (Å²) < 4.78 is 4.56. The topological polar surface area (TPSA) is 43.4 Å². The lowest BCUT2D eigenvalue weighted by molar-refractivity contribution is 0.0600. The average Bonchev–Trinajstić information content (AvgIpc) is 2.28. The normalized spacial score (nSPS) is 9.73. The first-order valence-corrected chi connectivity index (χ1v) is 5.79. The molecule has 0 aliphatic rings. The van der Waals surface area contributed by atoms with Crippen LogP contribution in [0.2, 0.25) is 0 Å². The minimum atomic E-state index is -0.390. The summed E-state index contributed by atoms with van der Waals surface area (Å²) in [7, 11) is 1.33. The Kier molecular flexibility index (Phi) is 4.37. The van der Waals surface area contributed by atoms with Gasteiger partial charge in [0.25, 0.3) is 0 Å². The lowest BCUT2D eigenvalue weighted by Gasteiger charge is -2.01. The predicted octanol–water partition coefficient (Wildman–Crippen LogP) is 2.02. The molecule has 0 saturated carbocycles. The lowest BCUT2D eigenvalue weighted by Crippen LogP contribution is -2.04. The van der Waals surface area contributed by atoms with Crippen molar-refractivity contribution in [1.29, 1.82) is 0 Å². The smallest absolute Gasteiger partial charge is 0.337 e. The zero-order valence-electron chi connectivity index (χ0n) is 8.65. The first-order valence-electron chi connectivity index (χ1n) is 4.39. The van der Waals surface area contributed by atoms with Gasteiger partial charge in [-0.15, -0.1) is 0 Å². The number of esters is 1. The van der Waals surface area contributed by atoms with Gasteiger partial charge in [0, 0.05) is 5.56 Å². The molecule has 0 N–H and O–H groups in total. The summed E-state index contributed by atoms with van der Waals surface area (Å²) >= 11 is 1.48. The second-order valence-corrected chi connectivity index (χ2v) is 3.79. The van der Waals surface area contributed by atoms with Crippen LogP contribution in [-0.4, -0.2) is 30.9 Å². The van der Waals surface area contributed by atoms with Gasteiger partial charge in [0.1, 0.15) is 0 Å². The molecular formula is C11H12O3S. The Morgan fingerprint density at radius 1 is 1.20 bits per heavy atom. The van der Waals surface area contributed by atoms with Crippen molar-refractivity contribution < 1.29 is 14.3 Å². The number of methoxy groups -OCH3 is 1. The number of ketones is 1. The maximum Gasteiger partial charge on any atom is 0.337 e. The molecule has 0 spiro atoms. The Bertz CT molecular complexity index is 357. The van der Waals surface area contributed by atoms with E-state index in [0.717, 1.165) is 0 Å². The van der Waals surface area contributed by atoms with E-state index in [1.165, 1.54) is 18.9 Å². The molecule has 1 aromatic carbocycles. The van der Waals surface area contributed by atoms with E-state index < -0.39 is 0 Å². The molecule has 0 amide bonds. The van der Waals surface area contributed by atoms with Gasteiger partial charge >= 0.3 is 5.97 Å². The van der Waals surface area contributed by atoms with Crippen molar-refractivity contribution in [3.05, 3.63) is 35.4 Å². The first-order chi connectivity index (χ1) is 7.19. The summed E-state index contributed by atoms with van der Waals surface area (Å²) in [5.41, 5.74) is 1.08. The number of benzene rings is 1. The van der Waals surface area contributed by atoms with Crippen LogP contribution in [0.3, 0.4) is 0 Å². The van der Waals surface area contributed by atoms with E-state index in [-0.39, 0.29) is 11.8 Å². The summed E-state index contributed by atoms with van der Waals surface area (Å²) in [4.78, 5) is 22.6. The summed E-state index contributed by atoms with van der Waals surface area (Å²) in [6, 6.07) is 6.48. The molecule has 0 aromatic heterocycles. The zero-order valence-corrected chi connectivity index (χ0v) is 9.47. The zero-order chi connectivity index (χ0) is 11.3. The Hall–Kier alpha value is -1.29. The standard InChI is InChI=1S/C11H12O3S/c1-14-11(13)9-5-3-8(4-6-9)10(12)7-15-2/h3-6H,7H2,1-2H3. The van der Waals surface area contributed by atoms with Crippen molar-refractivity contribution in [3.63, 3.8) is 0 Å². The number of carbonyl (C=O) groups excluding carboxylic acids is 2. The van der Waals surface area contributed by atoms with Crippen molar-refractivity contribution >= 4 is 23.5 Å². The molecule has 1 aromatic rings. The van der Waals surface area contributed by atoms with Gasteiger partial charge in [-0.1, -0.05) is 12.1 Å². The van der Waals surface area contributed by atoms with Crippen LogP contribution in [0.25, 0.3) is 0 Å².